The van der Waals surface area contributed by atoms with Crippen molar-refractivity contribution in [2.24, 2.45) is 0 Å². The molecule has 0 spiro atoms. The van der Waals surface area contributed by atoms with Crippen molar-refractivity contribution in [2.75, 3.05) is 0 Å². The molecule has 0 saturated heterocycles. The van der Waals surface area contributed by atoms with E-state index in [0.29, 0.717) is 24.0 Å². The number of benzene rings is 6. The van der Waals surface area contributed by atoms with E-state index in [2.05, 4.69) is 106 Å². The number of hydrogen-bond donors (Lipinski definition) is 0. The molecule has 9 rings (SSSR count). The first kappa shape index (κ1) is 29.0. The molecule has 0 amide bonds. The molecule has 232 valence electrons. The van der Waals surface area contributed by atoms with Gasteiger partial charge in [-0.1, -0.05) is 78.9 Å². The number of rotatable bonds is 4. The van der Waals surface area contributed by atoms with Gasteiger partial charge in [-0.05, 0) is 90.2 Å². The first-order chi connectivity index (χ1) is 24.7. The number of fused-ring (bicyclic) bond motifs is 6. The summed E-state index contributed by atoms with van der Waals surface area (Å²) in [4.78, 5) is 0. The largest absolute Gasteiger partial charge is 0.312 e. The van der Waals surface area contributed by atoms with Gasteiger partial charge in [-0.15, -0.1) is 0 Å². The second-order valence-electron chi connectivity index (χ2n) is 12.6. The Labute approximate surface area is 288 Å². The van der Waals surface area contributed by atoms with Crippen LogP contribution in [0, 0.1) is 34.0 Å². The molecule has 50 heavy (non-hydrogen) atoms. The minimum Gasteiger partial charge on any atom is -0.312 e. The molecule has 0 bridgehead atoms. The number of aromatic nitrogens is 2. The van der Waals surface area contributed by atoms with Gasteiger partial charge in [-0.2, -0.15) is 15.8 Å². The third kappa shape index (κ3) is 4.45. The van der Waals surface area contributed by atoms with Gasteiger partial charge >= 0.3 is 0 Å². The van der Waals surface area contributed by atoms with E-state index < -0.39 is 0 Å². The summed E-state index contributed by atoms with van der Waals surface area (Å²) in [7, 11) is 0. The van der Waals surface area contributed by atoms with E-state index in [-0.39, 0.29) is 0 Å². The Morgan fingerprint density at radius 1 is 0.460 bits per heavy atom. The standard InChI is InChI=1S/C45H27N5/c46-26-29-16-20-43(49-42-15-6-3-12-37(42)39-23-30(27-47)17-21-44(39)49)38(22-29)33-9-7-8-31(24-33)32-18-19-34(28-48)45(25-32)50-40-13-4-1-10-35(40)36-11-2-5-14-41(36)50/h1-15,17-19,21-25H,16,20H2. The first-order valence-corrected chi connectivity index (χ1v) is 16.6. The topological polar surface area (TPSA) is 81.2 Å². The normalized spacial score (nSPS) is 13.0. The molecule has 0 atom stereocenters. The highest BCUT2D eigenvalue weighted by Crippen LogP contribution is 2.41. The number of para-hydroxylation sites is 3. The summed E-state index contributed by atoms with van der Waals surface area (Å²) < 4.78 is 4.50. The van der Waals surface area contributed by atoms with Crippen molar-refractivity contribution >= 4 is 54.9 Å². The molecule has 0 radical (unpaired) electrons. The van der Waals surface area contributed by atoms with Crippen molar-refractivity contribution in [3.8, 4) is 35.0 Å². The Morgan fingerprint density at radius 3 is 1.76 bits per heavy atom. The number of allylic oxidation sites excluding steroid dienone is 4. The van der Waals surface area contributed by atoms with Gasteiger partial charge in [0.2, 0.25) is 0 Å². The Morgan fingerprint density at radius 2 is 1.08 bits per heavy atom. The Hall–Kier alpha value is -7.13. The van der Waals surface area contributed by atoms with Crippen LogP contribution in [0.15, 0.2) is 145 Å². The molecule has 0 unspecified atom stereocenters. The predicted octanol–water partition coefficient (Wildman–Crippen LogP) is 10.9. The molecule has 1 aliphatic carbocycles. The smallest absolute Gasteiger partial charge is 0.101 e. The molecule has 5 nitrogen and oxygen atoms in total. The Kier molecular flexibility index (Phi) is 6.70. The van der Waals surface area contributed by atoms with Gasteiger partial charge in [-0.3, -0.25) is 0 Å². The van der Waals surface area contributed by atoms with E-state index in [1.54, 1.807) is 0 Å². The highest BCUT2D eigenvalue weighted by Gasteiger charge is 2.22. The van der Waals surface area contributed by atoms with Gasteiger partial charge in [0, 0.05) is 38.4 Å². The summed E-state index contributed by atoms with van der Waals surface area (Å²) in [6, 6.07) is 52.5. The zero-order chi connectivity index (χ0) is 33.8. The number of hydrogen-bond acceptors (Lipinski definition) is 3. The van der Waals surface area contributed by atoms with E-state index in [1.807, 2.05) is 60.7 Å². The lowest BCUT2D eigenvalue weighted by Gasteiger charge is -2.22. The quantitative estimate of drug-likeness (QED) is 0.192. The maximum atomic E-state index is 10.3. The fourth-order valence-corrected chi connectivity index (χ4v) is 7.66. The zero-order valence-corrected chi connectivity index (χ0v) is 26.9. The molecule has 0 fully saturated rings. The fraction of sp³-hybridized carbons (Fsp3) is 0.0444. The van der Waals surface area contributed by atoms with E-state index >= 15 is 0 Å². The van der Waals surface area contributed by atoms with Crippen molar-refractivity contribution in [1.29, 1.82) is 15.8 Å². The number of nitrogens with zero attached hydrogens (tertiary/aromatic N) is 5. The van der Waals surface area contributed by atoms with Gasteiger partial charge < -0.3 is 9.13 Å². The molecule has 0 N–H and O–H groups in total. The predicted molar refractivity (Wildman–Crippen MR) is 201 cm³/mol. The lowest BCUT2D eigenvalue weighted by atomic mass is 9.90. The molecule has 0 aliphatic heterocycles. The molecule has 1 aliphatic rings. The van der Waals surface area contributed by atoms with Crippen molar-refractivity contribution < 1.29 is 0 Å². The van der Waals surface area contributed by atoms with Crippen LogP contribution < -0.4 is 0 Å². The van der Waals surface area contributed by atoms with Gasteiger partial charge in [0.05, 0.1) is 51.0 Å². The summed E-state index contributed by atoms with van der Waals surface area (Å²) in [5.41, 5.74) is 12.1. The van der Waals surface area contributed by atoms with Gasteiger partial charge in [-0.25, -0.2) is 0 Å². The lowest BCUT2D eigenvalue weighted by molar-refractivity contribution is 0.955. The second kappa shape index (κ2) is 11.5. The van der Waals surface area contributed by atoms with E-state index in [0.717, 1.165) is 82.8 Å². The first-order valence-electron chi connectivity index (χ1n) is 16.6. The lowest BCUT2D eigenvalue weighted by Crippen LogP contribution is -2.05. The minimum absolute atomic E-state index is 0.598. The van der Waals surface area contributed by atoms with Gasteiger partial charge in [0.25, 0.3) is 0 Å². The van der Waals surface area contributed by atoms with Crippen molar-refractivity contribution in [3.63, 3.8) is 0 Å². The minimum atomic E-state index is 0.598. The van der Waals surface area contributed by atoms with Gasteiger partial charge in [0.15, 0.2) is 0 Å². The molecule has 2 aromatic heterocycles. The highest BCUT2D eigenvalue weighted by atomic mass is 15.0. The van der Waals surface area contributed by atoms with Crippen LogP contribution in [0.25, 0.3) is 71.7 Å². The Bertz CT molecular complexity index is 2860. The SMILES string of the molecule is N#CC1=CC(c2cccc(-c3ccc(C#N)c(-n4c5ccccc5c5ccccc54)c3)c2)=C(n2c3ccccc3c3cc(C#N)ccc32)CC1. The fourth-order valence-electron chi connectivity index (χ4n) is 7.66. The van der Waals surface area contributed by atoms with E-state index in [9.17, 15) is 15.8 Å². The van der Waals surface area contributed by atoms with Crippen LogP contribution in [-0.2, 0) is 0 Å². The van der Waals surface area contributed by atoms with Crippen molar-refractivity contribution in [2.45, 2.75) is 12.8 Å². The van der Waals surface area contributed by atoms with Crippen LogP contribution >= 0.6 is 0 Å². The molecule has 0 saturated carbocycles. The third-order valence-corrected chi connectivity index (χ3v) is 9.92. The summed E-state index contributed by atoms with van der Waals surface area (Å²) in [6.07, 6.45) is 3.38. The summed E-state index contributed by atoms with van der Waals surface area (Å²) >= 11 is 0. The maximum Gasteiger partial charge on any atom is 0.101 e. The van der Waals surface area contributed by atoms with Crippen LogP contribution in [0.4, 0.5) is 0 Å². The summed E-state index contributed by atoms with van der Waals surface area (Å²) in [6.45, 7) is 0. The van der Waals surface area contributed by atoms with Crippen molar-refractivity contribution in [3.05, 3.63) is 162 Å². The van der Waals surface area contributed by atoms with E-state index in [1.165, 1.54) is 0 Å². The monoisotopic (exact) mass is 637 g/mol. The molecule has 6 aromatic carbocycles. The van der Waals surface area contributed by atoms with Crippen LogP contribution in [0.1, 0.15) is 29.5 Å². The summed E-state index contributed by atoms with van der Waals surface area (Å²) in [5, 5.41) is 34.4. The molecule has 2 heterocycles. The van der Waals surface area contributed by atoms with E-state index in [4.69, 9.17) is 0 Å². The van der Waals surface area contributed by atoms with Gasteiger partial charge in [0.1, 0.15) is 6.07 Å². The molecular weight excluding hydrogens is 611 g/mol. The number of nitriles is 3. The van der Waals surface area contributed by atoms with Crippen LogP contribution in [-0.4, -0.2) is 9.13 Å². The van der Waals surface area contributed by atoms with Crippen LogP contribution in [0.3, 0.4) is 0 Å². The average Bonchev–Trinajstić information content (AvgIpc) is 3.70. The molecule has 5 heteroatoms. The summed E-state index contributed by atoms with van der Waals surface area (Å²) in [5.74, 6) is 0. The third-order valence-electron chi connectivity index (χ3n) is 9.92. The Balaban J connectivity index is 1.25. The van der Waals surface area contributed by atoms with Crippen LogP contribution in [0.5, 0.6) is 0 Å². The zero-order valence-electron chi connectivity index (χ0n) is 26.9. The molecular formula is C45H27N5. The van der Waals surface area contributed by atoms with Crippen LogP contribution in [0.2, 0.25) is 0 Å². The second-order valence-corrected chi connectivity index (χ2v) is 12.6. The maximum absolute atomic E-state index is 10.3. The average molecular weight is 638 g/mol. The van der Waals surface area contributed by atoms with Crippen molar-refractivity contribution in [1.82, 2.24) is 9.13 Å². The molecule has 8 aromatic rings. The highest BCUT2D eigenvalue weighted by molar-refractivity contribution is 6.12.